The van der Waals surface area contributed by atoms with Gasteiger partial charge in [-0.25, -0.2) is 9.50 Å². The normalized spacial score (nSPS) is 17.8. The molecule has 0 unspecified atom stereocenters. The van der Waals surface area contributed by atoms with E-state index in [1.165, 1.54) is 11.5 Å². The number of hydrogen-bond donors (Lipinski definition) is 1. The number of anilines is 1. The summed E-state index contributed by atoms with van der Waals surface area (Å²) in [4.78, 5) is 18.6. The molecule has 1 atom stereocenters. The maximum atomic E-state index is 12.5. The number of amides is 1. The van der Waals surface area contributed by atoms with E-state index in [1.807, 2.05) is 35.5 Å². The number of aryl methyl sites for hydroxylation is 1. The van der Waals surface area contributed by atoms with Gasteiger partial charge in [-0.05, 0) is 37.0 Å². The summed E-state index contributed by atoms with van der Waals surface area (Å²) in [5, 5.41) is 9.69. The van der Waals surface area contributed by atoms with E-state index in [1.54, 1.807) is 10.7 Å². The topological polar surface area (TPSA) is 75.4 Å². The fraction of sp³-hybridized carbons (Fsp3) is 0.333. The van der Waals surface area contributed by atoms with Crippen LogP contribution >= 0.6 is 11.5 Å². The lowest BCUT2D eigenvalue weighted by Crippen LogP contribution is -2.32. The highest BCUT2D eigenvalue weighted by atomic mass is 32.1. The van der Waals surface area contributed by atoms with E-state index < -0.39 is 0 Å². The second kappa shape index (κ2) is 5.62. The monoisotopic (exact) mass is 328 g/mol. The Morgan fingerprint density at radius 3 is 3.17 bits per heavy atom. The van der Waals surface area contributed by atoms with Gasteiger partial charge in [-0.15, -0.1) is 5.10 Å². The summed E-state index contributed by atoms with van der Waals surface area (Å²) < 4.78 is 5.92. The minimum absolute atomic E-state index is 0.0681. The summed E-state index contributed by atoms with van der Waals surface area (Å²) in [7, 11) is 0. The van der Waals surface area contributed by atoms with Crippen LogP contribution in [0, 0.1) is 6.92 Å². The van der Waals surface area contributed by atoms with Crippen LogP contribution in [0.15, 0.2) is 29.9 Å². The summed E-state index contributed by atoms with van der Waals surface area (Å²) in [6.07, 6.45) is 4.45. The van der Waals surface area contributed by atoms with Crippen molar-refractivity contribution >= 4 is 28.9 Å². The average Bonchev–Trinajstić information content (AvgIpc) is 3.26. The number of rotatable bonds is 3. The van der Waals surface area contributed by atoms with Gasteiger partial charge in [-0.3, -0.25) is 4.79 Å². The van der Waals surface area contributed by atoms with Gasteiger partial charge in [0.05, 0.1) is 11.3 Å². The van der Waals surface area contributed by atoms with Crippen LogP contribution in [-0.2, 0) is 0 Å². The van der Waals surface area contributed by atoms with Gasteiger partial charge < -0.3 is 10.2 Å². The lowest BCUT2D eigenvalue weighted by Gasteiger charge is -2.17. The summed E-state index contributed by atoms with van der Waals surface area (Å²) in [5.41, 5.74) is 2.34. The zero-order chi connectivity index (χ0) is 15.8. The van der Waals surface area contributed by atoms with Gasteiger partial charge in [0.15, 0.2) is 5.65 Å². The first-order chi connectivity index (χ1) is 11.2. The lowest BCUT2D eigenvalue weighted by molar-refractivity contribution is 0.0791. The maximum Gasteiger partial charge on any atom is 0.256 e. The molecule has 23 heavy (non-hydrogen) atoms. The largest absolute Gasteiger partial charge is 0.364 e. The number of likely N-dealkylation sites (tertiary alicyclic amines) is 1. The highest BCUT2D eigenvalue weighted by Gasteiger charge is 2.28. The molecule has 7 nitrogen and oxygen atoms in total. The molecule has 0 saturated carbocycles. The quantitative estimate of drug-likeness (QED) is 0.794. The number of nitrogens with one attached hydrogen (secondary N) is 1. The molecule has 1 aliphatic heterocycles. The van der Waals surface area contributed by atoms with Crippen molar-refractivity contribution in [3.05, 3.63) is 41.2 Å². The van der Waals surface area contributed by atoms with Crippen molar-refractivity contribution in [1.29, 1.82) is 0 Å². The smallest absolute Gasteiger partial charge is 0.256 e. The van der Waals surface area contributed by atoms with Crippen LogP contribution in [0.2, 0.25) is 0 Å². The molecule has 3 aromatic heterocycles. The predicted molar refractivity (Wildman–Crippen MR) is 87.8 cm³/mol. The molecule has 0 bridgehead atoms. The first-order valence-corrected chi connectivity index (χ1v) is 8.31. The Balaban J connectivity index is 1.44. The lowest BCUT2D eigenvalue weighted by atomic mass is 10.2. The minimum Gasteiger partial charge on any atom is -0.364 e. The van der Waals surface area contributed by atoms with Crippen molar-refractivity contribution in [3.63, 3.8) is 0 Å². The molecule has 118 valence electrons. The third-order valence-corrected chi connectivity index (χ3v) is 4.78. The Morgan fingerprint density at radius 2 is 2.35 bits per heavy atom. The van der Waals surface area contributed by atoms with Gasteiger partial charge in [-0.2, -0.15) is 4.37 Å². The van der Waals surface area contributed by atoms with E-state index in [9.17, 15) is 4.79 Å². The highest BCUT2D eigenvalue weighted by molar-refractivity contribution is 7.03. The molecule has 0 aliphatic carbocycles. The molecule has 4 rings (SSSR count). The Kier molecular flexibility index (Phi) is 3.45. The maximum absolute atomic E-state index is 12.5. The average molecular weight is 328 g/mol. The predicted octanol–water partition coefficient (Wildman–Crippen LogP) is 1.82. The van der Waals surface area contributed by atoms with Crippen LogP contribution in [0.4, 0.5) is 5.82 Å². The van der Waals surface area contributed by atoms with Gasteiger partial charge in [0.1, 0.15) is 5.82 Å². The summed E-state index contributed by atoms with van der Waals surface area (Å²) in [6, 6.07) is 4.05. The Labute approximate surface area is 137 Å². The van der Waals surface area contributed by atoms with Crippen molar-refractivity contribution in [3.8, 4) is 0 Å². The van der Waals surface area contributed by atoms with E-state index in [0.717, 1.165) is 30.1 Å². The fourth-order valence-corrected chi connectivity index (χ4v) is 3.52. The van der Waals surface area contributed by atoms with E-state index in [4.69, 9.17) is 0 Å². The van der Waals surface area contributed by atoms with E-state index >= 15 is 0 Å². The number of imidazole rings is 1. The van der Waals surface area contributed by atoms with Crippen LogP contribution in [0.1, 0.15) is 22.5 Å². The standard InChI is InChI=1S/C15H16N6OS/c1-10-12(9-23-19-10)15(22)20-6-4-11(8-20)17-13-2-3-14-16-5-7-21(14)18-13/h2-3,5,7,9,11H,4,6,8H2,1H3,(H,17,18)/t11-/m0/s1. The summed E-state index contributed by atoms with van der Waals surface area (Å²) >= 11 is 1.33. The van der Waals surface area contributed by atoms with E-state index in [0.29, 0.717) is 12.1 Å². The molecule has 1 fully saturated rings. The molecule has 0 radical (unpaired) electrons. The van der Waals surface area contributed by atoms with Crippen molar-refractivity contribution in [2.24, 2.45) is 0 Å². The molecule has 1 amide bonds. The molecule has 1 aliphatic rings. The minimum atomic E-state index is 0.0681. The number of fused-ring (bicyclic) bond motifs is 1. The van der Waals surface area contributed by atoms with Gasteiger partial charge >= 0.3 is 0 Å². The van der Waals surface area contributed by atoms with Crippen LogP contribution in [0.5, 0.6) is 0 Å². The summed E-state index contributed by atoms with van der Waals surface area (Å²) in [5.74, 6) is 0.863. The molecule has 8 heteroatoms. The second-order valence-corrected chi connectivity index (χ2v) is 6.27. The van der Waals surface area contributed by atoms with Gasteiger partial charge in [0, 0.05) is 36.9 Å². The molecular formula is C15H16N6OS. The molecule has 1 saturated heterocycles. The van der Waals surface area contributed by atoms with Crippen LogP contribution in [0.25, 0.3) is 5.65 Å². The number of carbonyl (C=O) groups is 1. The van der Waals surface area contributed by atoms with Gasteiger partial charge in [0.2, 0.25) is 0 Å². The number of nitrogens with zero attached hydrogens (tertiary/aromatic N) is 5. The molecule has 1 N–H and O–H groups in total. The van der Waals surface area contributed by atoms with Crippen LogP contribution in [-0.4, -0.2) is 48.9 Å². The Morgan fingerprint density at radius 1 is 1.43 bits per heavy atom. The van der Waals surface area contributed by atoms with Crippen molar-refractivity contribution in [2.45, 2.75) is 19.4 Å². The summed E-state index contributed by atoms with van der Waals surface area (Å²) in [6.45, 7) is 3.30. The molecule has 0 spiro atoms. The third kappa shape index (κ3) is 2.65. The second-order valence-electron chi connectivity index (χ2n) is 5.64. The first kappa shape index (κ1) is 14.1. The molecule has 3 aromatic rings. The number of hydrogen-bond acceptors (Lipinski definition) is 6. The van der Waals surface area contributed by atoms with Gasteiger partial charge in [-0.1, -0.05) is 0 Å². The van der Waals surface area contributed by atoms with Crippen molar-refractivity contribution in [2.75, 3.05) is 18.4 Å². The van der Waals surface area contributed by atoms with Crippen molar-refractivity contribution < 1.29 is 4.79 Å². The van der Waals surface area contributed by atoms with E-state index in [-0.39, 0.29) is 11.9 Å². The first-order valence-electron chi connectivity index (χ1n) is 7.48. The molecular weight excluding hydrogens is 312 g/mol. The van der Waals surface area contributed by atoms with Crippen LogP contribution in [0.3, 0.4) is 0 Å². The van der Waals surface area contributed by atoms with Crippen LogP contribution < -0.4 is 5.32 Å². The SMILES string of the molecule is Cc1nscc1C(=O)N1CC[C@H](Nc2ccc3nccn3n2)C1. The highest BCUT2D eigenvalue weighted by Crippen LogP contribution is 2.19. The third-order valence-electron chi connectivity index (χ3n) is 4.06. The Bertz CT molecular complexity index is 856. The molecule has 0 aromatic carbocycles. The van der Waals surface area contributed by atoms with Gasteiger partial charge in [0.25, 0.3) is 5.91 Å². The number of aromatic nitrogens is 4. The zero-order valence-corrected chi connectivity index (χ0v) is 13.5. The van der Waals surface area contributed by atoms with Crippen molar-refractivity contribution in [1.82, 2.24) is 23.9 Å². The molecule has 4 heterocycles. The van der Waals surface area contributed by atoms with E-state index in [2.05, 4.69) is 19.8 Å². The fourth-order valence-electron chi connectivity index (χ4n) is 2.83. The zero-order valence-electron chi connectivity index (χ0n) is 12.6. The Hall–Kier alpha value is -2.48. The number of carbonyl (C=O) groups excluding carboxylic acids is 1.